The van der Waals surface area contributed by atoms with E-state index >= 15 is 0 Å². The molecule has 0 amide bonds. The van der Waals surface area contributed by atoms with Crippen LogP contribution < -0.4 is 10.2 Å². The summed E-state index contributed by atoms with van der Waals surface area (Å²) in [6.45, 7) is 2.68. The number of nitrogens with zero attached hydrogens (tertiary/aromatic N) is 1. The second-order valence-corrected chi connectivity index (χ2v) is 5.61. The van der Waals surface area contributed by atoms with Crippen LogP contribution in [0.3, 0.4) is 0 Å². The number of benzene rings is 1. The lowest BCUT2D eigenvalue weighted by atomic mass is 10.1. The van der Waals surface area contributed by atoms with Crippen molar-refractivity contribution in [3.8, 4) is 0 Å². The lowest BCUT2D eigenvalue weighted by Crippen LogP contribution is -2.34. The van der Waals surface area contributed by atoms with Crippen LogP contribution in [-0.4, -0.2) is 33.4 Å². The molecule has 0 aliphatic carbocycles. The summed E-state index contributed by atoms with van der Waals surface area (Å²) < 4.78 is 5.81. The Balaban J connectivity index is 2.07. The molecule has 1 aromatic rings. The summed E-state index contributed by atoms with van der Waals surface area (Å²) in [5.41, 5.74) is 2.46. The lowest BCUT2D eigenvalue weighted by Gasteiger charge is -2.30. The number of nitrogens with one attached hydrogen (secondary N) is 1. The molecule has 1 saturated heterocycles. The van der Waals surface area contributed by atoms with Crippen molar-refractivity contribution in [3.05, 3.63) is 28.8 Å². The van der Waals surface area contributed by atoms with Gasteiger partial charge in [-0.2, -0.15) is 0 Å². The Bertz CT molecular complexity index is 405. The number of hydrogen-bond acceptors (Lipinski definition) is 3. The molecule has 0 radical (unpaired) electrons. The van der Waals surface area contributed by atoms with E-state index in [9.17, 15) is 0 Å². The van der Waals surface area contributed by atoms with Gasteiger partial charge in [0.15, 0.2) is 0 Å². The largest absolute Gasteiger partial charge is 0.376 e. The SMILES string of the molecule is CNCc1ccc(Cl)cc1N(C)CC1CCCCO1. The van der Waals surface area contributed by atoms with Crippen LogP contribution in [0, 0.1) is 0 Å². The van der Waals surface area contributed by atoms with Crippen molar-refractivity contribution in [2.75, 3.05) is 32.1 Å². The molecule has 1 aliphatic rings. The molecule has 1 fully saturated rings. The molecule has 0 spiro atoms. The molecule has 0 bridgehead atoms. The fourth-order valence-electron chi connectivity index (χ4n) is 2.59. The van der Waals surface area contributed by atoms with Crippen molar-refractivity contribution < 1.29 is 4.74 Å². The first kappa shape index (κ1) is 14.6. The molecular weight excluding hydrogens is 260 g/mol. The van der Waals surface area contributed by atoms with Crippen molar-refractivity contribution in [3.63, 3.8) is 0 Å². The minimum atomic E-state index is 0.347. The number of rotatable bonds is 5. The minimum Gasteiger partial charge on any atom is -0.376 e. The molecule has 19 heavy (non-hydrogen) atoms. The maximum Gasteiger partial charge on any atom is 0.0749 e. The number of anilines is 1. The Morgan fingerprint density at radius 3 is 2.95 bits per heavy atom. The van der Waals surface area contributed by atoms with E-state index in [1.54, 1.807) is 0 Å². The first-order valence-electron chi connectivity index (χ1n) is 6.96. The van der Waals surface area contributed by atoms with E-state index < -0.39 is 0 Å². The highest BCUT2D eigenvalue weighted by molar-refractivity contribution is 6.30. The predicted molar refractivity (Wildman–Crippen MR) is 81.1 cm³/mol. The minimum absolute atomic E-state index is 0.347. The van der Waals surface area contributed by atoms with Crippen LogP contribution in [0.4, 0.5) is 5.69 Å². The van der Waals surface area contributed by atoms with Gasteiger partial charge in [0.1, 0.15) is 0 Å². The van der Waals surface area contributed by atoms with Crippen LogP contribution in [0.2, 0.25) is 5.02 Å². The van der Waals surface area contributed by atoms with E-state index in [0.717, 1.165) is 31.1 Å². The van der Waals surface area contributed by atoms with Crippen molar-refractivity contribution in [2.45, 2.75) is 31.9 Å². The maximum atomic E-state index is 6.13. The average Bonchev–Trinajstić information content (AvgIpc) is 2.42. The summed E-state index contributed by atoms with van der Waals surface area (Å²) in [6, 6.07) is 6.08. The van der Waals surface area contributed by atoms with Crippen LogP contribution in [0.25, 0.3) is 0 Å². The molecule has 1 unspecified atom stereocenters. The van der Waals surface area contributed by atoms with Crippen molar-refractivity contribution >= 4 is 17.3 Å². The molecule has 2 rings (SSSR count). The zero-order valence-corrected chi connectivity index (χ0v) is 12.5. The van der Waals surface area contributed by atoms with Gasteiger partial charge in [-0.25, -0.2) is 0 Å². The first-order chi connectivity index (χ1) is 9.20. The van der Waals surface area contributed by atoms with Crippen LogP contribution in [-0.2, 0) is 11.3 Å². The summed E-state index contributed by atoms with van der Waals surface area (Å²) >= 11 is 6.13. The second kappa shape index (κ2) is 7.13. The normalized spacial score (nSPS) is 19.4. The highest BCUT2D eigenvalue weighted by atomic mass is 35.5. The van der Waals surface area contributed by atoms with Gasteiger partial charge >= 0.3 is 0 Å². The highest BCUT2D eigenvalue weighted by Crippen LogP contribution is 2.25. The number of halogens is 1. The molecule has 1 heterocycles. The van der Waals surface area contributed by atoms with E-state index in [4.69, 9.17) is 16.3 Å². The Hall–Kier alpha value is -0.770. The number of ether oxygens (including phenoxy) is 1. The first-order valence-corrected chi connectivity index (χ1v) is 7.34. The smallest absolute Gasteiger partial charge is 0.0749 e. The maximum absolute atomic E-state index is 6.13. The Morgan fingerprint density at radius 2 is 2.26 bits per heavy atom. The fraction of sp³-hybridized carbons (Fsp3) is 0.600. The topological polar surface area (TPSA) is 24.5 Å². The van der Waals surface area contributed by atoms with Gasteiger partial charge in [-0.15, -0.1) is 0 Å². The third kappa shape index (κ3) is 4.10. The van der Waals surface area contributed by atoms with Crippen molar-refractivity contribution in [2.24, 2.45) is 0 Å². The average molecular weight is 283 g/mol. The number of hydrogen-bond donors (Lipinski definition) is 1. The monoisotopic (exact) mass is 282 g/mol. The summed E-state index contributed by atoms with van der Waals surface area (Å²) in [6.07, 6.45) is 3.98. The highest BCUT2D eigenvalue weighted by Gasteiger charge is 2.17. The second-order valence-electron chi connectivity index (χ2n) is 5.17. The van der Waals surface area contributed by atoms with Crippen LogP contribution in [0.1, 0.15) is 24.8 Å². The zero-order chi connectivity index (χ0) is 13.7. The summed E-state index contributed by atoms with van der Waals surface area (Å²) in [5.74, 6) is 0. The Morgan fingerprint density at radius 1 is 1.42 bits per heavy atom. The van der Waals surface area contributed by atoms with Gasteiger partial charge in [-0.3, -0.25) is 0 Å². The van der Waals surface area contributed by atoms with E-state index in [1.807, 2.05) is 19.2 Å². The van der Waals surface area contributed by atoms with Gasteiger partial charge in [0.2, 0.25) is 0 Å². The third-order valence-electron chi connectivity index (χ3n) is 3.58. The molecule has 106 valence electrons. The van der Waals surface area contributed by atoms with Crippen LogP contribution >= 0.6 is 11.6 Å². The molecule has 1 atom stereocenters. The molecule has 0 aromatic heterocycles. The number of likely N-dealkylation sites (N-methyl/N-ethyl adjacent to an activating group) is 1. The fourth-order valence-corrected chi connectivity index (χ4v) is 2.75. The molecule has 1 N–H and O–H groups in total. The molecule has 1 aromatic carbocycles. The van der Waals surface area contributed by atoms with Crippen LogP contribution in [0.15, 0.2) is 18.2 Å². The third-order valence-corrected chi connectivity index (χ3v) is 3.81. The van der Waals surface area contributed by atoms with Gasteiger partial charge < -0.3 is 15.0 Å². The lowest BCUT2D eigenvalue weighted by molar-refractivity contribution is 0.0216. The molecule has 4 heteroatoms. The standard InChI is InChI=1S/C15H23ClN2O/c1-17-10-12-6-7-13(16)9-15(12)18(2)11-14-5-3-4-8-19-14/h6-7,9,14,17H,3-5,8,10-11H2,1-2H3. The van der Waals surface area contributed by atoms with Crippen molar-refractivity contribution in [1.82, 2.24) is 5.32 Å². The van der Waals surface area contributed by atoms with Gasteiger partial charge in [0.05, 0.1) is 6.10 Å². The molecule has 1 aliphatic heterocycles. The van der Waals surface area contributed by atoms with Crippen LogP contribution in [0.5, 0.6) is 0 Å². The summed E-state index contributed by atoms with van der Waals surface area (Å²) in [4.78, 5) is 2.26. The quantitative estimate of drug-likeness (QED) is 0.898. The zero-order valence-electron chi connectivity index (χ0n) is 11.8. The molecular formula is C15H23ClN2O. The predicted octanol–water partition coefficient (Wildman–Crippen LogP) is 3.06. The molecule has 0 saturated carbocycles. The van der Waals surface area contributed by atoms with Gasteiger partial charge in [-0.1, -0.05) is 17.7 Å². The van der Waals surface area contributed by atoms with E-state index in [-0.39, 0.29) is 0 Å². The van der Waals surface area contributed by atoms with E-state index in [1.165, 1.54) is 24.1 Å². The van der Waals surface area contributed by atoms with Gasteiger partial charge in [0, 0.05) is 37.5 Å². The summed E-state index contributed by atoms with van der Waals surface area (Å²) in [5, 5.41) is 3.98. The van der Waals surface area contributed by atoms with E-state index in [2.05, 4.69) is 23.3 Å². The van der Waals surface area contributed by atoms with Crippen molar-refractivity contribution in [1.29, 1.82) is 0 Å². The summed E-state index contributed by atoms with van der Waals surface area (Å²) in [7, 11) is 4.07. The Kier molecular flexibility index (Phi) is 5.49. The van der Waals surface area contributed by atoms with Gasteiger partial charge in [-0.05, 0) is 44.0 Å². The van der Waals surface area contributed by atoms with Gasteiger partial charge in [0.25, 0.3) is 0 Å². The van der Waals surface area contributed by atoms with E-state index in [0.29, 0.717) is 6.10 Å². The molecule has 3 nitrogen and oxygen atoms in total. The Labute approximate surface area is 120 Å².